The van der Waals surface area contributed by atoms with Gasteiger partial charge in [-0.2, -0.15) is 0 Å². The number of ether oxygens (including phenoxy) is 1. The summed E-state index contributed by atoms with van der Waals surface area (Å²) in [4.78, 5) is 22.9. The Morgan fingerprint density at radius 1 is 1.35 bits per heavy atom. The second-order valence-corrected chi connectivity index (χ2v) is 4.67. The zero-order valence-corrected chi connectivity index (χ0v) is 10.9. The van der Waals surface area contributed by atoms with Gasteiger partial charge in [-0.15, -0.1) is 0 Å². The number of carbonyl (C=O) groups excluding carboxylic acids is 2. The molecule has 2 amide bonds. The van der Waals surface area contributed by atoms with Crippen LogP contribution in [0.4, 0.5) is 4.79 Å². The Hall–Kier alpha value is -1.30. The van der Waals surface area contributed by atoms with Gasteiger partial charge in [-0.1, -0.05) is 6.92 Å². The van der Waals surface area contributed by atoms with E-state index in [2.05, 4.69) is 10.6 Å². The van der Waals surface area contributed by atoms with E-state index in [9.17, 15) is 9.59 Å². The lowest BCUT2D eigenvalue weighted by atomic mass is 10.2. The summed E-state index contributed by atoms with van der Waals surface area (Å²) in [5.41, 5.74) is -0.635. The Bertz CT molecular complexity index is 261. The van der Waals surface area contributed by atoms with Gasteiger partial charge in [0.25, 0.3) is 0 Å². The molecular formula is C11H22N2O4. The Labute approximate surface area is 102 Å². The standard InChI is InChI=1S/C11H22N2O4/c1-5-6-12-9(15)8(7-14)13-10(16)17-11(2,3)4/h8,14H,5-7H2,1-4H3,(H,12,15)(H,13,16). The number of aliphatic hydroxyl groups is 1. The van der Waals surface area contributed by atoms with Crippen LogP contribution in [0, 0.1) is 0 Å². The number of carbonyl (C=O) groups is 2. The average molecular weight is 246 g/mol. The molecule has 0 radical (unpaired) electrons. The SMILES string of the molecule is CCCNC(=O)C(CO)NC(=O)OC(C)(C)C. The summed E-state index contributed by atoms with van der Waals surface area (Å²) in [5.74, 6) is -0.416. The monoisotopic (exact) mass is 246 g/mol. The summed E-state index contributed by atoms with van der Waals surface area (Å²) < 4.78 is 4.98. The van der Waals surface area contributed by atoms with Crippen molar-refractivity contribution in [3.05, 3.63) is 0 Å². The fourth-order valence-corrected chi connectivity index (χ4v) is 1.02. The Kier molecular flexibility index (Phi) is 6.57. The first-order chi connectivity index (χ1) is 7.80. The maximum absolute atomic E-state index is 11.5. The van der Waals surface area contributed by atoms with Crippen LogP contribution in [-0.4, -0.2) is 41.9 Å². The molecule has 0 aliphatic heterocycles. The summed E-state index contributed by atoms with van der Waals surface area (Å²) in [6.07, 6.45) is 0.0688. The third-order valence-electron chi connectivity index (χ3n) is 1.74. The molecule has 0 aromatic rings. The van der Waals surface area contributed by atoms with E-state index in [0.29, 0.717) is 6.54 Å². The minimum atomic E-state index is -0.976. The third kappa shape index (κ3) is 7.57. The number of nitrogens with one attached hydrogen (secondary N) is 2. The maximum atomic E-state index is 11.5. The molecule has 100 valence electrons. The van der Waals surface area contributed by atoms with Crippen LogP contribution in [0.1, 0.15) is 34.1 Å². The zero-order chi connectivity index (χ0) is 13.5. The molecule has 0 spiro atoms. The van der Waals surface area contributed by atoms with Gasteiger partial charge < -0.3 is 20.5 Å². The molecule has 17 heavy (non-hydrogen) atoms. The van der Waals surface area contributed by atoms with Gasteiger partial charge >= 0.3 is 6.09 Å². The normalized spacial score (nSPS) is 12.8. The molecule has 0 saturated heterocycles. The van der Waals surface area contributed by atoms with E-state index in [1.54, 1.807) is 20.8 Å². The highest BCUT2D eigenvalue weighted by Gasteiger charge is 2.23. The summed E-state index contributed by atoms with van der Waals surface area (Å²) >= 11 is 0. The van der Waals surface area contributed by atoms with Gasteiger partial charge in [-0.25, -0.2) is 4.79 Å². The van der Waals surface area contributed by atoms with Gasteiger partial charge in [0.05, 0.1) is 6.61 Å². The average Bonchev–Trinajstić information content (AvgIpc) is 2.19. The molecule has 0 fully saturated rings. The predicted octanol–water partition coefficient (Wildman–Crippen LogP) is 0.398. The third-order valence-corrected chi connectivity index (χ3v) is 1.74. The number of hydrogen-bond acceptors (Lipinski definition) is 4. The van der Waals surface area contributed by atoms with Gasteiger partial charge in [-0.3, -0.25) is 4.79 Å². The van der Waals surface area contributed by atoms with Crippen LogP contribution < -0.4 is 10.6 Å². The molecule has 6 nitrogen and oxygen atoms in total. The van der Waals surface area contributed by atoms with E-state index in [0.717, 1.165) is 6.42 Å². The van der Waals surface area contributed by atoms with Crippen molar-refractivity contribution >= 4 is 12.0 Å². The van der Waals surface area contributed by atoms with Gasteiger partial charge in [-0.05, 0) is 27.2 Å². The lowest BCUT2D eigenvalue weighted by molar-refractivity contribution is -0.124. The van der Waals surface area contributed by atoms with E-state index in [4.69, 9.17) is 9.84 Å². The molecule has 0 aromatic carbocycles. The van der Waals surface area contributed by atoms with Crippen molar-refractivity contribution < 1.29 is 19.4 Å². The number of rotatable bonds is 5. The first kappa shape index (κ1) is 15.7. The van der Waals surface area contributed by atoms with Crippen LogP contribution in [0.25, 0.3) is 0 Å². The van der Waals surface area contributed by atoms with Gasteiger partial charge in [0.1, 0.15) is 11.6 Å². The fourth-order valence-electron chi connectivity index (χ4n) is 1.02. The minimum Gasteiger partial charge on any atom is -0.444 e. The lowest BCUT2D eigenvalue weighted by Gasteiger charge is -2.22. The quantitative estimate of drug-likeness (QED) is 0.655. The van der Waals surface area contributed by atoms with Crippen LogP contribution in [0.3, 0.4) is 0 Å². The lowest BCUT2D eigenvalue weighted by Crippen LogP contribution is -2.50. The van der Waals surface area contributed by atoms with Crippen LogP contribution >= 0.6 is 0 Å². The van der Waals surface area contributed by atoms with Crippen molar-refractivity contribution in [3.8, 4) is 0 Å². The predicted molar refractivity (Wildman–Crippen MR) is 63.5 cm³/mol. The smallest absolute Gasteiger partial charge is 0.408 e. The molecule has 6 heteroatoms. The van der Waals surface area contributed by atoms with E-state index in [1.807, 2.05) is 6.92 Å². The van der Waals surface area contributed by atoms with Crippen molar-refractivity contribution in [1.82, 2.24) is 10.6 Å². The molecule has 0 bridgehead atoms. The van der Waals surface area contributed by atoms with Crippen molar-refractivity contribution in [2.24, 2.45) is 0 Å². The maximum Gasteiger partial charge on any atom is 0.408 e. The number of aliphatic hydroxyl groups excluding tert-OH is 1. The molecule has 3 N–H and O–H groups in total. The minimum absolute atomic E-state index is 0.416. The van der Waals surface area contributed by atoms with E-state index in [-0.39, 0.29) is 0 Å². The molecule has 0 aromatic heterocycles. The van der Waals surface area contributed by atoms with Crippen LogP contribution in [0.15, 0.2) is 0 Å². The second-order valence-electron chi connectivity index (χ2n) is 4.67. The second kappa shape index (κ2) is 7.11. The molecular weight excluding hydrogens is 224 g/mol. The molecule has 0 aliphatic rings. The number of alkyl carbamates (subject to hydrolysis) is 1. The molecule has 0 aliphatic carbocycles. The summed E-state index contributed by atoms with van der Waals surface area (Å²) in [5, 5.41) is 13.9. The largest absolute Gasteiger partial charge is 0.444 e. The van der Waals surface area contributed by atoms with E-state index < -0.39 is 30.3 Å². The van der Waals surface area contributed by atoms with Crippen LogP contribution in [0.2, 0.25) is 0 Å². The van der Waals surface area contributed by atoms with Gasteiger partial charge in [0.15, 0.2) is 0 Å². The fraction of sp³-hybridized carbons (Fsp3) is 0.818. The highest BCUT2D eigenvalue weighted by molar-refractivity contribution is 5.85. The highest BCUT2D eigenvalue weighted by atomic mass is 16.6. The van der Waals surface area contributed by atoms with Crippen LogP contribution in [0.5, 0.6) is 0 Å². The first-order valence-electron chi connectivity index (χ1n) is 5.68. The Morgan fingerprint density at radius 3 is 2.35 bits per heavy atom. The van der Waals surface area contributed by atoms with Crippen LogP contribution in [-0.2, 0) is 9.53 Å². The first-order valence-corrected chi connectivity index (χ1v) is 5.68. The van der Waals surface area contributed by atoms with Crippen molar-refractivity contribution in [3.63, 3.8) is 0 Å². The van der Waals surface area contributed by atoms with Gasteiger partial charge in [0, 0.05) is 6.54 Å². The van der Waals surface area contributed by atoms with E-state index >= 15 is 0 Å². The van der Waals surface area contributed by atoms with Crippen molar-refractivity contribution in [1.29, 1.82) is 0 Å². The molecule has 1 unspecified atom stereocenters. The zero-order valence-electron chi connectivity index (χ0n) is 10.9. The molecule has 0 rings (SSSR count). The van der Waals surface area contributed by atoms with E-state index in [1.165, 1.54) is 0 Å². The summed E-state index contributed by atoms with van der Waals surface area (Å²) in [7, 11) is 0. The molecule has 0 saturated carbocycles. The van der Waals surface area contributed by atoms with Gasteiger partial charge in [0.2, 0.25) is 5.91 Å². The topological polar surface area (TPSA) is 87.7 Å². The Balaban J connectivity index is 4.21. The van der Waals surface area contributed by atoms with Crippen molar-refractivity contribution in [2.45, 2.75) is 45.8 Å². The number of hydrogen-bond donors (Lipinski definition) is 3. The highest BCUT2D eigenvalue weighted by Crippen LogP contribution is 2.06. The number of amides is 2. The summed E-state index contributed by atoms with van der Waals surface area (Å²) in [6.45, 7) is 7.11. The molecule has 0 heterocycles. The Morgan fingerprint density at radius 2 is 1.94 bits per heavy atom. The van der Waals surface area contributed by atoms with Crippen molar-refractivity contribution in [2.75, 3.05) is 13.2 Å². The molecule has 1 atom stereocenters. The summed E-state index contributed by atoms with van der Waals surface area (Å²) in [6, 6.07) is -0.976.